The van der Waals surface area contributed by atoms with Crippen LogP contribution in [0.5, 0.6) is 5.75 Å². The predicted molar refractivity (Wildman–Crippen MR) is 94.5 cm³/mol. The molecule has 0 spiro atoms. The summed E-state index contributed by atoms with van der Waals surface area (Å²) in [4.78, 5) is 35.3. The fourth-order valence-electron chi connectivity index (χ4n) is 2.46. The number of hydrogen-bond acceptors (Lipinski definition) is 7. The molecular formula is C19H17NO7. The molecule has 1 amide bonds. The second kappa shape index (κ2) is 8.22. The minimum Gasteiger partial charge on any atom is -0.497 e. The molecule has 0 fully saturated rings. The van der Waals surface area contributed by atoms with Gasteiger partial charge in [-0.25, -0.2) is 4.79 Å². The van der Waals surface area contributed by atoms with Gasteiger partial charge in [-0.1, -0.05) is 0 Å². The van der Waals surface area contributed by atoms with Crippen molar-refractivity contribution in [2.24, 2.45) is 0 Å². The Balaban J connectivity index is 1.57. The lowest BCUT2D eigenvalue weighted by Gasteiger charge is -2.08. The Morgan fingerprint density at radius 1 is 1.19 bits per heavy atom. The highest BCUT2D eigenvalue weighted by Gasteiger charge is 2.12. The maximum atomic E-state index is 11.9. The fraction of sp³-hybridized carbons (Fsp3) is 0.211. The monoisotopic (exact) mass is 371 g/mol. The molecule has 3 rings (SSSR count). The van der Waals surface area contributed by atoms with Gasteiger partial charge in [0.25, 0.3) is 5.91 Å². The number of hydrogen-bond donors (Lipinski definition) is 1. The zero-order chi connectivity index (χ0) is 19.2. The number of methoxy groups -OCH3 is 1. The van der Waals surface area contributed by atoms with Crippen molar-refractivity contribution in [2.75, 3.05) is 13.7 Å². The number of esters is 1. The Morgan fingerprint density at radius 3 is 2.78 bits per heavy atom. The fourth-order valence-corrected chi connectivity index (χ4v) is 2.46. The first-order chi connectivity index (χ1) is 13.1. The largest absolute Gasteiger partial charge is 0.497 e. The average molecular weight is 371 g/mol. The van der Waals surface area contributed by atoms with Crippen molar-refractivity contribution in [3.8, 4) is 5.75 Å². The molecule has 0 aliphatic heterocycles. The van der Waals surface area contributed by atoms with Crippen LogP contribution in [-0.4, -0.2) is 25.5 Å². The van der Waals surface area contributed by atoms with Gasteiger partial charge >= 0.3 is 11.6 Å². The topological polar surface area (TPSA) is 108 Å². The number of carbonyl (C=O) groups is 2. The van der Waals surface area contributed by atoms with Crippen LogP contribution in [0.15, 0.2) is 56.3 Å². The summed E-state index contributed by atoms with van der Waals surface area (Å²) in [6, 6.07) is 9.43. The van der Waals surface area contributed by atoms with Gasteiger partial charge in [0.15, 0.2) is 5.76 Å². The number of nitrogens with one attached hydrogen (secondary N) is 1. The van der Waals surface area contributed by atoms with Crippen LogP contribution in [0.2, 0.25) is 0 Å². The zero-order valence-corrected chi connectivity index (χ0v) is 14.5. The number of carbonyl (C=O) groups excluding carboxylic acids is 2. The van der Waals surface area contributed by atoms with E-state index in [-0.39, 0.29) is 25.3 Å². The molecule has 2 aromatic heterocycles. The summed E-state index contributed by atoms with van der Waals surface area (Å²) in [5.74, 6) is -0.202. The first-order valence-corrected chi connectivity index (χ1v) is 8.15. The van der Waals surface area contributed by atoms with Crippen molar-refractivity contribution in [1.82, 2.24) is 5.32 Å². The first-order valence-electron chi connectivity index (χ1n) is 8.15. The Morgan fingerprint density at radius 2 is 2.04 bits per heavy atom. The van der Waals surface area contributed by atoms with Crippen LogP contribution in [0.25, 0.3) is 11.0 Å². The molecule has 27 heavy (non-hydrogen) atoms. The third-order valence-electron chi connectivity index (χ3n) is 3.79. The molecule has 8 nitrogen and oxygen atoms in total. The van der Waals surface area contributed by atoms with Gasteiger partial charge in [0.05, 0.1) is 19.8 Å². The summed E-state index contributed by atoms with van der Waals surface area (Å²) in [6.07, 6.45) is 1.37. The second-order valence-electron chi connectivity index (χ2n) is 5.60. The highest BCUT2D eigenvalue weighted by Crippen LogP contribution is 2.23. The van der Waals surface area contributed by atoms with Gasteiger partial charge in [-0.05, 0) is 24.3 Å². The summed E-state index contributed by atoms with van der Waals surface area (Å²) in [5.41, 5.74) is 0.322. The van der Waals surface area contributed by atoms with Gasteiger partial charge in [0.2, 0.25) is 0 Å². The lowest BCUT2D eigenvalue weighted by molar-refractivity contribution is -0.144. The maximum Gasteiger partial charge on any atom is 0.336 e. The number of fused-ring (bicyclic) bond motifs is 1. The van der Waals surface area contributed by atoms with E-state index in [1.54, 1.807) is 24.3 Å². The molecule has 0 atom stereocenters. The van der Waals surface area contributed by atoms with Crippen molar-refractivity contribution in [2.45, 2.75) is 13.0 Å². The Hall–Kier alpha value is -3.55. The van der Waals surface area contributed by atoms with E-state index >= 15 is 0 Å². The molecule has 8 heteroatoms. The van der Waals surface area contributed by atoms with E-state index in [0.29, 0.717) is 22.3 Å². The third kappa shape index (κ3) is 4.55. The summed E-state index contributed by atoms with van der Waals surface area (Å²) in [5, 5.41) is 3.20. The normalized spacial score (nSPS) is 10.6. The van der Waals surface area contributed by atoms with Crippen LogP contribution >= 0.6 is 0 Å². The first kappa shape index (κ1) is 18.2. The van der Waals surface area contributed by atoms with E-state index in [9.17, 15) is 14.4 Å². The number of benzene rings is 1. The summed E-state index contributed by atoms with van der Waals surface area (Å²) in [7, 11) is 1.51. The highest BCUT2D eigenvalue weighted by molar-refractivity contribution is 5.91. The molecule has 2 heterocycles. The summed E-state index contributed by atoms with van der Waals surface area (Å²) < 4.78 is 20.4. The van der Waals surface area contributed by atoms with Gasteiger partial charge in [0, 0.05) is 29.6 Å². The zero-order valence-electron chi connectivity index (χ0n) is 14.5. The molecule has 0 saturated heterocycles. The van der Waals surface area contributed by atoms with Crippen molar-refractivity contribution in [1.29, 1.82) is 0 Å². The molecule has 0 unspecified atom stereocenters. The van der Waals surface area contributed by atoms with Crippen LogP contribution in [0.1, 0.15) is 22.5 Å². The summed E-state index contributed by atoms with van der Waals surface area (Å²) >= 11 is 0. The van der Waals surface area contributed by atoms with Crippen molar-refractivity contribution < 1.29 is 27.9 Å². The van der Waals surface area contributed by atoms with E-state index < -0.39 is 17.5 Å². The van der Waals surface area contributed by atoms with Gasteiger partial charge in [0.1, 0.15) is 17.9 Å². The molecule has 0 radical (unpaired) electrons. The lowest BCUT2D eigenvalue weighted by Crippen LogP contribution is -2.26. The molecule has 3 aromatic rings. The minimum absolute atomic E-state index is 0.0142. The molecule has 140 valence electrons. The Labute approximate surface area is 153 Å². The number of furan rings is 1. The standard InChI is InChI=1S/C19H17NO7/c1-24-13-4-5-14-12(9-18(22)27-16(14)10-13)11-26-17(21)6-7-20-19(23)15-3-2-8-25-15/h2-5,8-10H,6-7,11H2,1H3,(H,20,23). The molecular weight excluding hydrogens is 354 g/mol. The molecule has 0 bridgehead atoms. The van der Waals surface area contributed by atoms with Crippen molar-refractivity contribution in [3.05, 3.63) is 64.4 Å². The number of amides is 1. The Kier molecular flexibility index (Phi) is 5.55. The quantitative estimate of drug-likeness (QED) is 0.501. The van der Waals surface area contributed by atoms with Crippen LogP contribution in [0.3, 0.4) is 0 Å². The molecule has 0 aliphatic rings. The smallest absolute Gasteiger partial charge is 0.336 e. The molecule has 1 N–H and O–H groups in total. The van der Waals surface area contributed by atoms with Crippen LogP contribution in [-0.2, 0) is 16.1 Å². The van der Waals surface area contributed by atoms with E-state index in [0.717, 1.165) is 0 Å². The summed E-state index contributed by atoms with van der Waals surface area (Å²) in [6.45, 7) is 0.0205. The maximum absolute atomic E-state index is 11.9. The van der Waals surface area contributed by atoms with Crippen molar-refractivity contribution >= 4 is 22.8 Å². The lowest BCUT2D eigenvalue weighted by atomic mass is 10.1. The van der Waals surface area contributed by atoms with E-state index in [1.807, 2.05) is 0 Å². The number of rotatable bonds is 7. The van der Waals surface area contributed by atoms with Gasteiger partial charge in [-0.2, -0.15) is 0 Å². The molecule has 0 aliphatic carbocycles. The van der Waals surface area contributed by atoms with E-state index in [2.05, 4.69) is 5.32 Å². The van der Waals surface area contributed by atoms with Gasteiger partial charge in [-0.3, -0.25) is 9.59 Å². The van der Waals surface area contributed by atoms with Crippen LogP contribution in [0.4, 0.5) is 0 Å². The molecule has 0 saturated carbocycles. The average Bonchev–Trinajstić information content (AvgIpc) is 3.20. The number of ether oxygens (including phenoxy) is 2. The van der Waals surface area contributed by atoms with Crippen LogP contribution < -0.4 is 15.7 Å². The van der Waals surface area contributed by atoms with Gasteiger partial charge in [-0.15, -0.1) is 0 Å². The SMILES string of the molecule is COc1ccc2c(COC(=O)CCNC(=O)c3ccco3)cc(=O)oc2c1. The Bertz CT molecular complexity index is 1000. The molecule has 1 aromatic carbocycles. The van der Waals surface area contributed by atoms with Gasteiger partial charge < -0.3 is 23.6 Å². The van der Waals surface area contributed by atoms with E-state index in [4.69, 9.17) is 18.3 Å². The minimum atomic E-state index is -0.549. The predicted octanol–water partition coefficient (Wildman–Crippen LogP) is 2.26. The second-order valence-corrected chi connectivity index (χ2v) is 5.60. The highest BCUT2D eigenvalue weighted by atomic mass is 16.5. The van der Waals surface area contributed by atoms with Crippen LogP contribution in [0, 0.1) is 0 Å². The van der Waals surface area contributed by atoms with E-state index in [1.165, 1.54) is 25.5 Å². The third-order valence-corrected chi connectivity index (χ3v) is 3.79. The van der Waals surface area contributed by atoms with Crippen molar-refractivity contribution in [3.63, 3.8) is 0 Å².